The molecule has 1 aromatic rings. The average molecular weight is 248 g/mol. The van der Waals surface area contributed by atoms with Crippen molar-refractivity contribution < 1.29 is 9.50 Å². The van der Waals surface area contributed by atoms with Crippen molar-refractivity contribution in [2.45, 2.75) is 19.4 Å². The molecular formula is C14H17FN2O. The zero-order valence-electron chi connectivity index (χ0n) is 10.3. The topological polar surface area (TPSA) is 47.3 Å². The molecule has 1 fully saturated rings. The lowest BCUT2D eigenvalue weighted by molar-refractivity contribution is 0.249. The minimum atomic E-state index is -0.458. The van der Waals surface area contributed by atoms with Gasteiger partial charge in [-0.1, -0.05) is 6.07 Å². The first-order valence-electron chi connectivity index (χ1n) is 6.24. The summed E-state index contributed by atoms with van der Waals surface area (Å²) in [4.78, 5) is 2.29. The summed E-state index contributed by atoms with van der Waals surface area (Å²) in [5, 5.41) is 17.7. The number of aliphatic hydroxyl groups excluding tert-OH is 1. The van der Waals surface area contributed by atoms with Crippen LogP contribution in [-0.4, -0.2) is 29.7 Å². The lowest BCUT2D eigenvalue weighted by atomic mass is 10.1. The third kappa shape index (κ3) is 3.06. The highest BCUT2D eigenvalue weighted by molar-refractivity contribution is 5.34. The quantitative estimate of drug-likeness (QED) is 0.885. The molecule has 1 atom stereocenters. The maximum absolute atomic E-state index is 13.2. The van der Waals surface area contributed by atoms with Crippen molar-refractivity contribution in [3.8, 4) is 6.07 Å². The van der Waals surface area contributed by atoms with Crippen LogP contribution in [0.25, 0.3) is 0 Å². The number of rotatable bonds is 4. The Kier molecular flexibility index (Phi) is 4.29. The van der Waals surface area contributed by atoms with Crippen molar-refractivity contribution in [1.82, 2.24) is 4.90 Å². The fraction of sp³-hybridized carbons (Fsp3) is 0.500. The predicted molar refractivity (Wildman–Crippen MR) is 66.2 cm³/mol. The Morgan fingerprint density at radius 3 is 3.06 bits per heavy atom. The lowest BCUT2D eigenvalue weighted by Gasteiger charge is -2.16. The summed E-state index contributed by atoms with van der Waals surface area (Å²) < 4.78 is 13.2. The molecule has 1 N–H and O–H groups in total. The highest BCUT2D eigenvalue weighted by Crippen LogP contribution is 2.21. The number of nitriles is 1. The standard InChI is InChI=1S/C14H17FN2O/c15-14-2-1-12(7-13(14)8-16)10-17-5-3-11(9-17)4-6-18/h1-2,7,11,18H,3-6,9-10H2. The highest BCUT2D eigenvalue weighted by atomic mass is 19.1. The first kappa shape index (κ1) is 13.0. The summed E-state index contributed by atoms with van der Waals surface area (Å²) in [7, 11) is 0. The smallest absolute Gasteiger partial charge is 0.140 e. The van der Waals surface area contributed by atoms with Gasteiger partial charge in [0.15, 0.2) is 0 Å². The minimum absolute atomic E-state index is 0.110. The molecule has 1 aliphatic rings. The van der Waals surface area contributed by atoms with E-state index >= 15 is 0 Å². The van der Waals surface area contributed by atoms with E-state index in [-0.39, 0.29) is 12.2 Å². The molecule has 0 aliphatic carbocycles. The van der Waals surface area contributed by atoms with Gasteiger partial charge in [0, 0.05) is 19.7 Å². The summed E-state index contributed by atoms with van der Waals surface area (Å²) in [6.07, 6.45) is 1.95. The predicted octanol–water partition coefficient (Wildman–Crippen LogP) is 1.90. The molecule has 1 saturated heterocycles. The molecule has 4 heteroatoms. The van der Waals surface area contributed by atoms with Crippen LogP contribution in [0.4, 0.5) is 4.39 Å². The van der Waals surface area contributed by atoms with E-state index < -0.39 is 5.82 Å². The fourth-order valence-electron chi connectivity index (χ4n) is 2.49. The van der Waals surface area contributed by atoms with Crippen LogP contribution in [0.3, 0.4) is 0 Å². The minimum Gasteiger partial charge on any atom is -0.396 e. The van der Waals surface area contributed by atoms with Crippen LogP contribution in [0.5, 0.6) is 0 Å². The van der Waals surface area contributed by atoms with Crippen LogP contribution < -0.4 is 0 Å². The molecule has 1 aromatic carbocycles. The summed E-state index contributed by atoms with van der Waals surface area (Å²) in [5.41, 5.74) is 1.08. The molecule has 0 aromatic heterocycles. The maximum atomic E-state index is 13.2. The molecule has 1 heterocycles. The Balaban J connectivity index is 1.97. The van der Waals surface area contributed by atoms with Crippen LogP contribution >= 0.6 is 0 Å². The van der Waals surface area contributed by atoms with Gasteiger partial charge in [-0.2, -0.15) is 5.26 Å². The van der Waals surface area contributed by atoms with Gasteiger partial charge in [-0.05, 0) is 43.0 Å². The van der Waals surface area contributed by atoms with Gasteiger partial charge in [0.1, 0.15) is 11.9 Å². The van der Waals surface area contributed by atoms with E-state index in [1.807, 2.05) is 6.07 Å². The highest BCUT2D eigenvalue weighted by Gasteiger charge is 2.21. The molecule has 2 rings (SSSR count). The molecule has 0 spiro atoms. The Morgan fingerprint density at radius 1 is 1.50 bits per heavy atom. The zero-order chi connectivity index (χ0) is 13.0. The van der Waals surface area contributed by atoms with E-state index in [2.05, 4.69) is 4.90 Å². The monoisotopic (exact) mass is 248 g/mol. The second-order valence-corrected chi connectivity index (χ2v) is 4.83. The van der Waals surface area contributed by atoms with E-state index in [0.717, 1.165) is 38.0 Å². The van der Waals surface area contributed by atoms with Gasteiger partial charge >= 0.3 is 0 Å². The lowest BCUT2D eigenvalue weighted by Crippen LogP contribution is -2.20. The fourth-order valence-corrected chi connectivity index (χ4v) is 2.49. The number of hydrogen-bond acceptors (Lipinski definition) is 3. The molecule has 0 saturated carbocycles. The van der Waals surface area contributed by atoms with Crippen LogP contribution in [0.1, 0.15) is 24.0 Å². The Hall–Kier alpha value is -1.44. The average Bonchev–Trinajstić information content (AvgIpc) is 2.80. The number of aliphatic hydroxyl groups is 1. The van der Waals surface area contributed by atoms with Gasteiger partial charge < -0.3 is 5.11 Å². The molecule has 3 nitrogen and oxygen atoms in total. The number of likely N-dealkylation sites (tertiary alicyclic amines) is 1. The normalized spacial score (nSPS) is 19.9. The number of hydrogen-bond donors (Lipinski definition) is 1. The van der Waals surface area contributed by atoms with Crippen LogP contribution in [0, 0.1) is 23.1 Å². The van der Waals surface area contributed by atoms with E-state index in [1.54, 1.807) is 12.1 Å². The van der Waals surface area contributed by atoms with Crippen molar-refractivity contribution in [3.05, 3.63) is 35.1 Å². The van der Waals surface area contributed by atoms with Gasteiger partial charge in [0.05, 0.1) is 5.56 Å². The van der Waals surface area contributed by atoms with Crippen molar-refractivity contribution in [2.24, 2.45) is 5.92 Å². The van der Waals surface area contributed by atoms with Gasteiger partial charge in [-0.15, -0.1) is 0 Å². The summed E-state index contributed by atoms with van der Waals surface area (Å²) in [5.74, 6) is 0.103. The van der Waals surface area contributed by atoms with Gasteiger partial charge in [-0.3, -0.25) is 4.90 Å². The zero-order valence-corrected chi connectivity index (χ0v) is 10.3. The summed E-state index contributed by atoms with van der Waals surface area (Å²) in [6, 6.07) is 6.57. The van der Waals surface area contributed by atoms with Gasteiger partial charge in [0.25, 0.3) is 0 Å². The second-order valence-electron chi connectivity index (χ2n) is 4.83. The summed E-state index contributed by atoms with van der Waals surface area (Å²) >= 11 is 0. The van der Waals surface area contributed by atoms with Crippen molar-refractivity contribution in [3.63, 3.8) is 0 Å². The Morgan fingerprint density at radius 2 is 2.33 bits per heavy atom. The van der Waals surface area contributed by atoms with Crippen LogP contribution in [0.2, 0.25) is 0 Å². The molecule has 1 aliphatic heterocycles. The summed E-state index contributed by atoms with van der Waals surface area (Å²) in [6.45, 7) is 2.97. The van der Waals surface area contributed by atoms with Crippen LogP contribution in [0.15, 0.2) is 18.2 Å². The number of halogens is 1. The molecule has 0 bridgehead atoms. The van der Waals surface area contributed by atoms with Crippen molar-refractivity contribution >= 4 is 0 Å². The molecule has 0 radical (unpaired) electrons. The Labute approximate surface area is 106 Å². The van der Waals surface area contributed by atoms with Gasteiger partial charge in [-0.25, -0.2) is 4.39 Å². The molecule has 18 heavy (non-hydrogen) atoms. The van der Waals surface area contributed by atoms with Crippen molar-refractivity contribution in [2.75, 3.05) is 19.7 Å². The molecule has 1 unspecified atom stereocenters. The first-order chi connectivity index (χ1) is 8.72. The van der Waals surface area contributed by atoms with E-state index in [1.165, 1.54) is 6.07 Å². The molecule has 96 valence electrons. The van der Waals surface area contributed by atoms with E-state index in [0.29, 0.717) is 5.92 Å². The second kappa shape index (κ2) is 5.94. The SMILES string of the molecule is N#Cc1cc(CN2CCC(CCO)C2)ccc1F. The van der Waals surface area contributed by atoms with Crippen molar-refractivity contribution in [1.29, 1.82) is 5.26 Å². The third-order valence-electron chi connectivity index (χ3n) is 3.46. The number of benzene rings is 1. The first-order valence-corrected chi connectivity index (χ1v) is 6.24. The largest absolute Gasteiger partial charge is 0.396 e. The van der Waals surface area contributed by atoms with Gasteiger partial charge in [0.2, 0.25) is 0 Å². The van der Waals surface area contributed by atoms with E-state index in [4.69, 9.17) is 10.4 Å². The molecule has 0 amide bonds. The van der Waals surface area contributed by atoms with Crippen LogP contribution in [-0.2, 0) is 6.54 Å². The van der Waals surface area contributed by atoms with E-state index in [9.17, 15) is 4.39 Å². The Bertz CT molecular complexity index is 456. The molecular weight excluding hydrogens is 231 g/mol. The maximum Gasteiger partial charge on any atom is 0.140 e. The number of nitrogens with zero attached hydrogens (tertiary/aromatic N) is 2. The third-order valence-corrected chi connectivity index (χ3v) is 3.46.